The molecule has 102 valence electrons. The smallest absolute Gasteiger partial charge is 0.410 e. The quantitative estimate of drug-likeness (QED) is 0.560. The van der Waals surface area contributed by atoms with Gasteiger partial charge in [-0.1, -0.05) is 6.08 Å². The summed E-state index contributed by atoms with van der Waals surface area (Å²) in [5.74, 6) is -0.411. The van der Waals surface area contributed by atoms with Gasteiger partial charge in [-0.05, 0) is 33.6 Å². The van der Waals surface area contributed by atoms with Crippen LogP contribution in [0.25, 0.3) is 0 Å². The molecule has 0 aromatic heterocycles. The van der Waals surface area contributed by atoms with Gasteiger partial charge < -0.3 is 14.4 Å². The van der Waals surface area contributed by atoms with Gasteiger partial charge in [0.25, 0.3) is 0 Å². The number of likely N-dealkylation sites (tertiary alicyclic amines) is 1. The topological polar surface area (TPSA) is 55.8 Å². The molecule has 0 unspecified atom stereocenters. The van der Waals surface area contributed by atoms with Crippen LogP contribution in [0.5, 0.6) is 0 Å². The second-order valence-electron chi connectivity index (χ2n) is 5.27. The summed E-state index contributed by atoms with van der Waals surface area (Å²) >= 11 is 0. The lowest BCUT2D eigenvalue weighted by Gasteiger charge is -2.27. The van der Waals surface area contributed by atoms with Gasteiger partial charge in [0.1, 0.15) is 5.60 Å². The molecule has 1 atom stereocenters. The minimum Gasteiger partial charge on any atom is -0.466 e. The molecule has 5 nitrogen and oxygen atoms in total. The molecule has 18 heavy (non-hydrogen) atoms. The average molecular weight is 255 g/mol. The Morgan fingerprint density at radius 2 is 2.00 bits per heavy atom. The van der Waals surface area contributed by atoms with Crippen LogP contribution in [0.2, 0.25) is 0 Å². The Hall–Kier alpha value is -1.52. The summed E-state index contributed by atoms with van der Waals surface area (Å²) in [4.78, 5) is 24.6. The SMILES string of the molecule is COC(=O)/C=C/[C@H]1CCCN1C(=O)OC(C)(C)C. The summed E-state index contributed by atoms with van der Waals surface area (Å²) in [5.41, 5.74) is -0.504. The van der Waals surface area contributed by atoms with Crippen LogP contribution in [0.1, 0.15) is 33.6 Å². The van der Waals surface area contributed by atoms with E-state index in [0.717, 1.165) is 12.8 Å². The lowest BCUT2D eigenvalue weighted by Crippen LogP contribution is -2.39. The van der Waals surface area contributed by atoms with Gasteiger partial charge in [-0.3, -0.25) is 0 Å². The minimum atomic E-state index is -0.504. The zero-order chi connectivity index (χ0) is 13.8. The first-order valence-electron chi connectivity index (χ1n) is 6.09. The monoisotopic (exact) mass is 255 g/mol. The van der Waals surface area contributed by atoms with E-state index in [1.54, 1.807) is 11.0 Å². The van der Waals surface area contributed by atoms with Gasteiger partial charge in [-0.15, -0.1) is 0 Å². The van der Waals surface area contributed by atoms with Crippen LogP contribution in [0.15, 0.2) is 12.2 Å². The van der Waals surface area contributed by atoms with Crippen molar-refractivity contribution >= 4 is 12.1 Å². The van der Waals surface area contributed by atoms with E-state index in [1.807, 2.05) is 20.8 Å². The fourth-order valence-corrected chi connectivity index (χ4v) is 1.80. The van der Waals surface area contributed by atoms with E-state index in [0.29, 0.717) is 6.54 Å². The second-order valence-corrected chi connectivity index (χ2v) is 5.27. The van der Waals surface area contributed by atoms with Crippen LogP contribution in [-0.4, -0.2) is 42.3 Å². The van der Waals surface area contributed by atoms with Crippen molar-refractivity contribution in [2.75, 3.05) is 13.7 Å². The van der Waals surface area contributed by atoms with Crippen LogP contribution in [0.4, 0.5) is 4.79 Å². The number of ether oxygens (including phenoxy) is 2. The largest absolute Gasteiger partial charge is 0.466 e. The van der Waals surface area contributed by atoms with Crippen LogP contribution < -0.4 is 0 Å². The fraction of sp³-hybridized carbons (Fsp3) is 0.692. The molecule has 0 radical (unpaired) electrons. The van der Waals surface area contributed by atoms with E-state index in [9.17, 15) is 9.59 Å². The summed E-state index contributed by atoms with van der Waals surface area (Å²) in [6.45, 7) is 6.16. The summed E-state index contributed by atoms with van der Waals surface area (Å²) < 4.78 is 9.85. The predicted molar refractivity (Wildman–Crippen MR) is 67.1 cm³/mol. The Morgan fingerprint density at radius 1 is 1.33 bits per heavy atom. The molecule has 1 fully saturated rings. The highest BCUT2D eigenvalue weighted by Crippen LogP contribution is 2.21. The molecule has 0 aromatic rings. The molecular weight excluding hydrogens is 234 g/mol. The third-order valence-electron chi connectivity index (χ3n) is 2.58. The summed E-state index contributed by atoms with van der Waals surface area (Å²) in [6.07, 6.45) is 4.47. The number of carbonyl (C=O) groups is 2. The number of carbonyl (C=O) groups excluding carboxylic acids is 2. The van der Waals surface area contributed by atoms with Crippen LogP contribution in [0.3, 0.4) is 0 Å². The molecule has 0 N–H and O–H groups in total. The number of methoxy groups -OCH3 is 1. The molecule has 0 aliphatic carbocycles. The van der Waals surface area contributed by atoms with Gasteiger partial charge in [0.15, 0.2) is 0 Å². The minimum absolute atomic E-state index is 0.0843. The van der Waals surface area contributed by atoms with Crippen molar-refractivity contribution in [3.05, 3.63) is 12.2 Å². The van der Waals surface area contributed by atoms with Crippen molar-refractivity contribution in [2.24, 2.45) is 0 Å². The van der Waals surface area contributed by atoms with E-state index in [1.165, 1.54) is 13.2 Å². The summed E-state index contributed by atoms with van der Waals surface area (Å²) in [5, 5.41) is 0. The maximum atomic E-state index is 11.9. The lowest BCUT2D eigenvalue weighted by molar-refractivity contribution is -0.134. The Bertz CT molecular complexity index is 343. The first-order chi connectivity index (χ1) is 8.33. The molecule has 0 bridgehead atoms. The summed E-state index contributed by atoms with van der Waals surface area (Å²) in [7, 11) is 1.33. The van der Waals surface area contributed by atoms with Gasteiger partial charge in [-0.25, -0.2) is 9.59 Å². The highest BCUT2D eigenvalue weighted by Gasteiger charge is 2.30. The molecule has 1 rings (SSSR count). The highest BCUT2D eigenvalue weighted by atomic mass is 16.6. The van der Waals surface area contributed by atoms with Crippen molar-refractivity contribution < 1.29 is 19.1 Å². The number of esters is 1. The number of rotatable bonds is 2. The summed E-state index contributed by atoms with van der Waals surface area (Å²) in [6, 6.07) is -0.0843. The van der Waals surface area contributed by atoms with Crippen molar-refractivity contribution in [1.82, 2.24) is 4.90 Å². The van der Waals surface area contributed by atoms with Gasteiger partial charge in [0, 0.05) is 12.6 Å². The van der Waals surface area contributed by atoms with Gasteiger partial charge in [-0.2, -0.15) is 0 Å². The average Bonchev–Trinajstić information content (AvgIpc) is 2.71. The Kier molecular flexibility index (Phi) is 4.76. The zero-order valence-electron chi connectivity index (χ0n) is 11.4. The lowest BCUT2D eigenvalue weighted by atomic mass is 10.2. The molecule has 5 heteroatoms. The number of nitrogens with zero attached hydrogens (tertiary/aromatic N) is 1. The second kappa shape index (κ2) is 5.89. The van der Waals surface area contributed by atoms with Crippen molar-refractivity contribution in [1.29, 1.82) is 0 Å². The van der Waals surface area contributed by atoms with Crippen LogP contribution >= 0.6 is 0 Å². The van der Waals surface area contributed by atoms with Gasteiger partial charge in [0.05, 0.1) is 13.2 Å². The molecule has 1 amide bonds. The van der Waals surface area contributed by atoms with E-state index in [4.69, 9.17) is 4.74 Å². The van der Waals surface area contributed by atoms with E-state index < -0.39 is 11.6 Å². The zero-order valence-corrected chi connectivity index (χ0v) is 11.4. The highest BCUT2D eigenvalue weighted by molar-refractivity contribution is 5.82. The fourth-order valence-electron chi connectivity index (χ4n) is 1.80. The molecule has 1 saturated heterocycles. The molecule has 0 saturated carbocycles. The Labute approximate surface area is 108 Å². The third-order valence-corrected chi connectivity index (χ3v) is 2.58. The standard InChI is InChI=1S/C13H21NO4/c1-13(2,3)18-12(16)14-9-5-6-10(14)7-8-11(15)17-4/h7-8,10H,5-6,9H2,1-4H3/b8-7+/t10-/m1/s1. The van der Waals surface area contributed by atoms with E-state index in [2.05, 4.69) is 4.74 Å². The van der Waals surface area contributed by atoms with Crippen LogP contribution in [0, 0.1) is 0 Å². The number of hydrogen-bond acceptors (Lipinski definition) is 4. The normalized spacial score (nSPS) is 20.2. The first-order valence-corrected chi connectivity index (χ1v) is 6.09. The number of hydrogen-bond donors (Lipinski definition) is 0. The molecular formula is C13H21NO4. The maximum absolute atomic E-state index is 11.9. The van der Waals surface area contributed by atoms with Crippen molar-refractivity contribution in [2.45, 2.75) is 45.3 Å². The van der Waals surface area contributed by atoms with E-state index in [-0.39, 0.29) is 12.1 Å². The predicted octanol–water partition coefficient (Wildman–Crippen LogP) is 2.12. The van der Waals surface area contributed by atoms with Crippen molar-refractivity contribution in [3.8, 4) is 0 Å². The molecule has 1 heterocycles. The van der Waals surface area contributed by atoms with Gasteiger partial charge >= 0.3 is 12.1 Å². The number of amides is 1. The molecule has 1 aliphatic heterocycles. The third kappa shape index (κ3) is 4.39. The van der Waals surface area contributed by atoms with Gasteiger partial charge in [0.2, 0.25) is 0 Å². The van der Waals surface area contributed by atoms with Crippen LogP contribution in [-0.2, 0) is 14.3 Å². The molecule has 0 spiro atoms. The Balaban J connectivity index is 2.62. The van der Waals surface area contributed by atoms with E-state index >= 15 is 0 Å². The first kappa shape index (κ1) is 14.5. The maximum Gasteiger partial charge on any atom is 0.410 e. The van der Waals surface area contributed by atoms with Crippen molar-refractivity contribution in [3.63, 3.8) is 0 Å². The molecule has 1 aliphatic rings. The Morgan fingerprint density at radius 3 is 2.56 bits per heavy atom. The molecule has 0 aromatic carbocycles.